The lowest BCUT2D eigenvalue weighted by molar-refractivity contribution is 0.112. The Balaban J connectivity index is 2.24. The lowest BCUT2D eigenvalue weighted by atomic mass is 10.1. The van der Waals surface area contributed by atoms with Gasteiger partial charge in [-0.05, 0) is 25.5 Å². The van der Waals surface area contributed by atoms with Crippen molar-refractivity contribution in [2.75, 3.05) is 0 Å². The Kier molecular flexibility index (Phi) is 2.63. The highest BCUT2D eigenvalue weighted by molar-refractivity contribution is 5.78. The van der Waals surface area contributed by atoms with Gasteiger partial charge in [-0.25, -0.2) is 0 Å². The number of pyridine rings is 1. The molecule has 2 heterocycles. The summed E-state index contributed by atoms with van der Waals surface area (Å²) in [6.45, 7) is 3.93. The molecule has 3 aromatic rings. The summed E-state index contributed by atoms with van der Waals surface area (Å²) < 4.78 is 1.85. The van der Waals surface area contributed by atoms with Crippen molar-refractivity contribution in [1.82, 2.24) is 14.6 Å². The Morgan fingerprint density at radius 2 is 1.84 bits per heavy atom. The van der Waals surface area contributed by atoms with Crippen molar-refractivity contribution in [3.63, 3.8) is 0 Å². The van der Waals surface area contributed by atoms with Crippen molar-refractivity contribution in [1.29, 1.82) is 0 Å². The highest BCUT2D eigenvalue weighted by Crippen LogP contribution is 2.20. The SMILES string of the molecule is Cc1ccc(-c2nnc3cc(C)c(C=O)cn23)cc1. The van der Waals surface area contributed by atoms with Crippen LogP contribution in [0.5, 0.6) is 0 Å². The Morgan fingerprint density at radius 3 is 2.53 bits per heavy atom. The molecule has 0 unspecified atom stereocenters. The molecule has 4 nitrogen and oxygen atoms in total. The molecule has 0 aliphatic rings. The van der Waals surface area contributed by atoms with Gasteiger partial charge in [0.1, 0.15) is 0 Å². The summed E-state index contributed by atoms with van der Waals surface area (Å²) in [6, 6.07) is 9.95. The smallest absolute Gasteiger partial charge is 0.168 e. The van der Waals surface area contributed by atoms with Gasteiger partial charge in [0.25, 0.3) is 0 Å². The number of benzene rings is 1. The van der Waals surface area contributed by atoms with Gasteiger partial charge in [0, 0.05) is 17.3 Å². The number of aryl methyl sites for hydroxylation is 2. The molecule has 19 heavy (non-hydrogen) atoms. The van der Waals surface area contributed by atoms with E-state index >= 15 is 0 Å². The number of aromatic nitrogens is 3. The van der Waals surface area contributed by atoms with Crippen LogP contribution >= 0.6 is 0 Å². The van der Waals surface area contributed by atoms with Crippen molar-refractivity contribution in [3.8, 4) is 11.4 Å². The van der Waals surface area contributed by atoms with Crippen LogP contribution in [0, 0.1) is 13.8 Å². The maximum absolute atomic E-state index is 11.0. The summed E-state index contributed by atoms with van der Waals surface area (Å²) in [4.78, 5) is 11.0. The highest BCUT2D eigenvalue weighted by Gasteiger charge is 2.09. The molecule has 3 rings (SSSR count). The minimum atomic E-state index is 0.653. The van der Waals surface area contributed by atoms with E-state index < -0.39 is 0 Å². The van der Waals surface area contributed by atoms with Crippen LogP contribution in [0.1, 0.15) is 21.5 Å². The third-order valence-corrected chi connectivity index (χ3v) is 3.23. The number of fused-ring (bicyclic) bond motifs is 1. The fourth-order valence-electron chi connectivity index (χ4n) is 2.07. The van der Waals surface area contributed by atoms with E-state index in [1.54, 1.807) is 6.20 Å². The fraction of sp³-hybridized carbons (Fsp3) is 0.133. The van der Waals surface area contributed by atoms with Crippen LogP contribution in [0.3, 0.4) is 0 Å². The number of hydrogen-bond donors (Lipinski definition) is 0. The molecule has 0 aliphatic carbocycles. The van der Waals surface area contributed by atoms with E-state index in [-0.39, 0.29) is 0 Å². The zero-order chi connectivity index (χ0) is 13.4. The van der Waals surface area contributed by atoms with Gasteiger partial charge in [-0.1, -0.05) is 29.8 Å². The quantitative estimate of drug-likeness (QED) is 0.658. The molecule has 0 radical (unpaired) electrons. The lowest BCUT2D eigenvalue weighted by Gasteiger charge is -2.03. The molecule has 1 aromatic carbocycles. The molecule has 0 aliphatic heterocycles. The average molecular weight is 251 g/mol. The number of aldehydes is 1. The van der Waals surface area contributed by atoms with E-state index in [1.807, 2.05) is 48.6 Å². The van der Waals surface area contributed by atoms with Gasteiger partial charge in [0.15, 0.2) is 17.8 Å². The molecule has 0 saturated heterocycles. The third-order valence-electron chi connectivity index (χ3n) is 3.23. The predicted molar refractivity (Wildman–Crippen MR) is 73.3 cm³/mol. The largest absolute Gasteiger partial charge is 0.298 e. The molecule has 0 saturated carbocycles. The van der Waals surface area contributed by atoms with Crippen LogP contribution in [0.25, 0.3) is 17.0 Å². The third kappa shape index (κ3) is 1.91. The highest BCUT2D eigenvalue weighted by atomic mass is 16.1. The molecule has 0 amide bonds. The van der Waals surface area contributed by atoms with Gasteiger partial charge in [0.2, 0.25) is 0 Å². The maximum Gasteiger partial charge on any atom is 0.168 e. The van der Waals surface area contributed by atoms with Gasteiger partial charge in [-0.15, -0.1) is 10.2 Å². The Labute approximate surface area is 110 Å². The fourth-order valence-corrected chi connectivity index (χ4v) is 2.07. The summed E-state index contributed by atoms with van der Waals surface area (Å²) >= 11 is 0. The van der Waals surface area contributed by atoms with E-state index in [0.29, 0.717) is 5.56 Å². The van der Waals surface area contributed by atoms with Crippen molar-refractivity contribution >= 4 is 11.9 Å². The summed E-state index contributed by atoms with van der Waals surface area (Å²) in [5.41, 5.74) is 4.49. The van der Waals surface area contributed by atoms with Crippen LogP contribution in [0.2, 0.25) is 0 Å². The first-order valence-electron chi connectivity index (χ1n) is 6.06. The number of nitrogens with zero attached hydrogens (tertiary/aromatic N) is 3. The Morgan fingerprint density at radius 1 is 1.11 bits per heavy atom. The Hall–Kier alpha value is -2.49. The Bertz CT molecular complexity index is 757. The average Bonchev–Trinajstić information content (AvgIpc) is 2.81. The number of carbonyl (C=O) groups is 1. The summed E-state index contributed by atoms with van der Waals surface area (Å²) in [6.07, 6.45) is 2.64. The second-order valence-corrected chi connectivity index (χ2v) is 4.65. The standard InChI is InChI=1S/C15H13N3O/c1-10-3-5-12(6-4-10)15-17-16-14-7-11(2)13(9-19)8-18(14)15/h3-9H,1-2H3. The normalized spacial score (nSPS) is 10.8. The van der Waals surface area contributed by atoms with E-state index in [1.165, 1.54) is 5.56 Å². The molecule has 0 fully saturated rings. The maximum atomic E-state index is 11.0. The monoisotopic (exact) mass is 251 g/mol. The summed E-state index contributed by atoms with van der Waals surface area (Å²) in [7, 11) is 0. The summed E-state index contributed by atoms with van der Waals surface area (Å²) in [5, 5.41) is 8.36. The molecule has 0 N–H and O–H groups in total. The van der Waals surface area contributed by atoms with E-state index in [2.05, 4.69) is 10.2 Å². The van der Waals surface area contributed by atoms with Gasteiger partial charge < -0.3 is 0 Å². The first-order chi connectivity index (χ1) is 9.19. The zero-order valence-electron chi connectivity index (χ0n) is 10.8. The van der Waals surface area contributed by atoms with Crippen molar-refractivity contribution in [3.05, 3.63) is 53.2 Å². The lowest BCUT2D eigenvalue weighted by Crippen LogP contribution is -1.95. The zero-order valence-corrected chi connectivity index (χ0v) is 10.8. The van der Waals surface area contributed by atoms with E-state index in [0.717, 1.165) is 28.9 Å². The van der Waals surface area contributed by atoms with Crippen molar-refractivity contribution < 1.29 is 4.79 Å². The van der Waals surface area contributed by atoms with Gasteiger partial charge in [0.05, 0.1) is 0 Å². The minimum absolute atomic E-state index is 0.653. The predicted octanol–water partition coefficient (Wildman–Crippen LogP) is 2.83. The van der Waals surface area contributed by atoms with Crippen LogP contribution in [-0.2, 0) is 0 Å². The van der Waals surface area contributed by atoms with Crippen LogP contribution < -0.4 is 0 Å². The molecule has 94 valence electrons. The molecular weight excluding hydrogens is 238 g/mol. The van der Waals surface area contributed by atoms with Gasteiger partial charge in [-0.2, -0.15) is 0 Å². The van der Waals surface area contributed by atoms with Crippen LogP contribution in [0.15, 0.2) is 36.5 Å². The first-order valence-corrected chi connectivity index (χ1v) is 6.06. The molecular formula is C15H13N3O. The molecule has 0 bridgehead atoms. The van der Waals surface area contributed by atoms with E-state index in [9.17, 15) is 4.79 Å². The van der Waals surface area contributed by atoms with Crippen LogP contribution in [-0.4, -0.2) is 20.9 Å². The molecule has 0 atom stereocenters. The molecule has 0 spiro atoms. The minimum Gasteiger partial charge on any atom is -0.298 e. The topological polar surface area (TPSA) is 47.3 Å². The molecule has 2 aromatic heterocycles. The number of rotatable bonds is 2. The molecule has 4 heteroatoms. The van der Waals surface area contributed by atoms with Gasteiger partial charge >= 0.3 is 0 Å². The van der Waals surface area contributed by atoms with Gasteiger partial charge in [-0.3, -0.25) is 9.20 Å². The number of carbonyl (C=O) groups excluding carboxylic acids is 1. The second-order valence-electron chi connectivity index (χ2n) is 4.65. The van der Waals surface area contributed by atoms with Crippen LogP contribution in [0.4, 0.5) is 0 Å². The first kappa shape index (κ1) is 11.6. The van der Waals surface area contributed by atoms with Crippen molar-refractivity contribution in [2.45, 2.75) is 13.8 Å². The second kappa shape index (κ2) is 4.31. The number of hydrogen-bond acceptors (Lipinski definition) is 3. The summed E-state index contributed by atoms with van der Waals surface area (Å²) in [5.74, 6) is 0.748. The van der Waals surface area contributed by atoms with E-state index in [4.69, 9.17) is 0 Å². The van der Waals surface area contributed by atoms with Crippen molar-refractivity contribution in [2.24, 2.45) is 0 Å².